The molecule has 0 aromatic heterocycles. The van der Waals surface area contributed by atoms with E-state index in [2.05, 4.69) is 19.1 Å². The zero-order chi connectivity index (χ0) is 25.2. The smallest absolute Gasteiger partial charge is 0.303 e. The molecule has 0 aromatic carbocycles. The molecule has 0 aliphatic rings. The Kier molecular flexibility index (Phi) is 28.3. The fraction of sp³-hybridized carbons (Fsp3) is 0.889. The van der Waals surface area contributed by atoms with E-state index in [0.29, 0.717) is 19.6 Å². The van der Waals surface area contributed by atoms with Gasteiger partial charge in [-0.05, 0) is 52.9 Å². The molecule has 0 heterocycles. The Bertz CT molecular complexity index is 425. The van der Waals surface area contributed by atoms with Gasteiger partial charge in [0.25, 0.3) is 0 Å². The zero-order valence-corrected chi connectivity index (χ0v) is 22.0. The average molecular weight is 475 g/mol. The predicted molar refractivity (Wildman–Crippen MR) is 137 cm³/mol. The highest BCUT2D eigenvalue weighted by molar-refractivity contribution is 5.66. The quantitative estimate of drug-likeness (QED) is 0.126. The lowest BCUT2D eigenvalue weighted by molar-refractivity contribution is -0.137. The van der Waals surface area contributed by atoms with Gasteiger partial charge in [-0.2, -0.15) is 0 Å². The summed E-state index contributed by atoms with van der Waals surface area (Å²) in [6.45, 7) is 8.36. The van der Waals surface area contributed by atoms with E-state index in [1.807, 2.05) is 6.92 Å². The number of unbranched alkanes of at least 4 members (excludes halogenated alkanes) is 11. The Balaban J connectivity index is 0. The summed E-state index contributed by atoms with van der Waals surface area (Å²) in [7, 11) is 0. The van der Waals surface area contributed by atoms with Crippen molar-refractivity contribution in [2.75, 3.05) is 19.8 Å². The third kappa shape index (κ3) is 33.3. The lowest BCUT2D eigenvalue weighted by atomic mass is 10.1. The van der Waals surface area contributed by atoms with Crippen LogP contribution in [0.15, 0.2) is 12.2 Å². The van der Waals surface area contributed by atoms with E-state index in [1.165, 1.54) is 70.6 Å². The van der Waals surface area contributed by atoms with Gasteiger partial charge in [-0.25, -0.2) is 0 Å². The topological polar surface area (TPSA) is 96.2 Å². The lowest BCUT2D eigenvalue weighted by Gasteiger charge is -2.16. The number of rotatable bonds is 22. The van der Waals surface area contributed by atoms with Gasteiger partial charge in [0.05, 0.1) is 38.1 Å². The molecule has 0 aliphatic heterocycles. The number of allylic oxidation sites excluding steroid dienone is 2. The first kappa shape index (κ1) is 34.2. The molecule has 6 nitrogen and oxygen atoms in total. The summed E-state index contributed by atoms with van der Waals surface area (Å²) in [6, 6.07) is 0. The molecular formula is C27H54O6. The third-order valence-corrected chi connectivity index (χ3v) is 5.15. The molecule has 198 valence electrons. The Morgan fingerprint density at radius 1 is 0.758 bits per heavy atom. The summed E-state index contributed by atoms with van der Waals surface area (Å²) in [5.41, 5.74) is 0. The largest absolute Gasteiger partial charge is 0.481 e. The van der Waals surface area contributed by atoms with Crippen LogP contribution in [0.25, 0.3) is 0 Å². The normalized spacial score (nSPS) is 14.0. The van der Waals surface area contributed by atoms with E-state index in [4.69, 9.17) is 24.8 Å². The van der Waals surface area contributed by atoms with Crippen LogP contribution in [-0.2, 0) is 14.3 Å². The van der Waals surface area contributed by atoms with E-state index >= 15 is 0 Å². The van der Waals surface area contributed by atoms with E-state index < -0.39 is 12.1 Å². The average Bonchev–Trinajstić information content (AvgIpc) is 2.78. The minimum absolute atomic E-state index is 0.0170. The second-order valence-corrected chi connectivity index (χ2v) is 9.05. The van der Waals surface area contributed by atoms with Crippen LogP contribution in [0.1, 0.15) is 118 Å². The molecule has 0 bridgehead atoms. The number of carbonyl (C=O) groups is 1. The molecule has 0 radical (unpaired) electrons. The van der Waals surface area contributed by atoms with Crippen molar-refractivity contribution < 1.29 is 29.6 Å². The van der Waals surface area contributed by atoms with Gasteiger partial charge in [-0.1, -0.05) is 70.4 Å². The summed E-state index contributed by atoms with van der Waals surface area (Å²) in [5.74, 6) is -0.664. The molecule has 33 heavy (non-hydrogen) atoms. The van der Waals surface area contributed by atoms with Gasteiger partial charge in [-0.3, -0.25) is 4.79 Å². The Morgan fingerprint density at radius 3 is 1.73 bits per heavy atom. The minimum Gasteiger partial charge on any atom is -0.481 e. The van der Waals surface area contributed by atoms with Gasteiger partial charge in [-0.15, -0.1) is 0 Å². The number of aliphatic hydroxyl groups excluding tert-OH is 2. The van der Waals surface area contributed by atoms with Gasteiger partial charge in [0, 0.05) is 6.42 Å². The van der Waals surface area contributed by atoms with E-state index in [-0.39, 0.29) is 18.8 Å². The van der Waals surface area contributed by atoms with Crippen molar-refractivity contribution in [3.05, 3.63) is 12.2 Å². The summed E-state index contributed by atoms with van der Waals surface area (Å²) in [4.78, 5) is 10.3. The predicted octanol–water partition coefficient (Wildman–Crippen LogP) is 6.28. The third-order valence-electron chi connectivity index (χ3n) is 5.15. The van der Waals surface area contributed by atoms with Crippen LogP contribution in [0.3, 0.4) is 0 Å². The molecule has 6 heteroatoms. The first-order chi connectivity index (χ1) is 15.8. The van der Waals surface area contributed by atoms with Crippen molar-refractivity contribution >= 4 is 5.97 Å². The van der Waals surface area contributed by atoms with Gasteiger partial charge in [0.2, 0.25) is 0 Å². The van der Waals surface area contributed by atoms with Crippen molar-refractivity contribution in [2.45, 2.75) is 136 Å². The van der Waals surface area contributed by atoms with E-state index in [1.54, 1.807) is 13.8 Å². The molecular weight excluding hydrogens is 420 g/mol. The molecule has 0 aromatic rings. The van der Waals surface area contributed by atoms with Crippen LogP contribution < -0.4 is 0 Å². The molecule has 0 amide bonds. The summed E-state index contributed by atoms with van der Waals surface area (Å²) >= 11 is 0. The number of hydrogen-bond acceptors (Lipinski definition) is 5. The highest BCUT2D eigenvalue weighted by Gasteiger charge is 2.07. The molecule has 3 N–H and O–H groups in total. The standard InChI is InChI=1S/C18H34O2.C9H20O4/c1-2-3-4-5-6-7-8-9-10-11-12-13-14-15-16-17-18(19)20;1-7(11)5-12-9(3)6-13-8(2)4-10/h9-10H,2-8,11-17H2,1H3,(H,19,20);7-11H,4-6H2,1-3H3. The van der Waals surface area contributed by atoms with Crippen LogP contribution >= 0.6 is 0 Å². The molecule has 0 saturated heterocycles. The van der Waals surface area contributed by atoms with E-state index in [9.17, 15) is 4.79 Å². The maximum absolute atomic E-state index is 10.3. The number of ether oxygens (including phenoxy) is 2. The fourth-order valence-corrected chi connectivity index (χ4v) is 3.05. The van der Waals surface area contributed by atoms with Crippen molar-refractivity contribution in [2.24, 2.45) is 0 Å². The number of carboxylic acid groups (broad SMARTS) is 1. The van der Waals surface area contributed by atoms with Crippen LogP contribution in [0, 0.1) is 0 Å². The Hall–Kier alpha value is -0.950. The number of carboxylic acids is 1. The summed E-state index contributed by atoms with van der Waals surface area (Å²) in [5, 5.41) is 26.1. The molecule has 0 saturated carbocycles. The van der Waals surface area contributed by atoms with Gasteiger partial charge >= 0.3 is 5.97 Å². The maximum atomic E-state index is 10.3. The highest BCUT2D eigenvalue weighted by atomic mass is 16.5. The molecule has 3 unspecified atom stereocenters. The maximum Gasteiger partial charge on any atom is 0.303 e. The number of aliphatic carboxylic acids is 1. The van der Waals surface area contributed by atoms with Crippen LogP contribution in [-0.4, -0.2) is 59.4 Å². The summed E-state index contributed by atoms with van der Waals surface area (Å²) < 4.78 is 10.5. The molecule has 0 fully saturated rings. The van der Waals surface area contributed by atoms with Crippen molar-refractivity contribution in [1.29, 1.82) is 0 Å². The van der Waals surface area contributed by atoms with E-state index in [0.717, 1.165) is 12.8 Å². The Labute approximate surface area is 203 Å². The van der Waals surface area contributed by atoms with Crippen molar-refractivity contribution in [1.82, 2.24) is 0 Å². The zero-order valence-electron chi connectivity index (χ0n) is 22.0. The summed E-state index contributed by atoms with van der Waals surface area (Å²) in [6.07, 6.45) is 20.6. The molecule has 3 atom stereocenters. The van der Waals surface area contributed by atoms with Gasteiger partial charge < -0.3 is 24.8 Å². The molecule has 0 rings (SSSR count). The van der Waals surface area contributed by atoms with Gasteiger partial charge in [0.15, 0.2) is 0 Å². The SMILES string of the molecule is CC(O)COC(C)COC(C)CO.CCCCCCCCC=CCCCCCCCC(=O)O. The van der Waals surface area contributed by atoms with Gasteiger partial charge in [0.1, 0.15) is 0 Å². The second-order valence-electron chi connectivity index (χ2n) is 9.05. The first-order valence-electron chi connectivity index (χ1n) is 13.2. The Morgan fingerprint density at radius 2 is 1.24 bits per heavy atom. The van der Waals surface area contributed by atoms with Crippen LogP contribution in [0.2, 0.25) is 0 Å². The molecule has 0 aliphatic carbocycles. The molecule has 0 spiro atoms. The monoisotopic (exact) mass is 474 g/mol. The van der Waals surface area contributed by atoms with Crippen molar-refractivity contribution in [3.8, 4) is 0 Å². The number of hydrogen-bond donors (Lipinski definition) is 3. The fourth-order valence-electron chi connectivity index (χ4n) is 3.05. The number of aliphatic hydroxyl groups is 2. The lowest BCUT2D eigenvalue weighted by Crippen LogP contribution is -2.24. The van der Waals surface area contributed by atoms with Crippen LogP contribution in [0.4, 0.5) is 0 Å². The van der Waals surface area contributed by atoms with Crippen molar-refractivity contribution in [3.63, 3.8) is 0 Å². The van der Waals surface area contributed by atoms with Crippen LogP contribution in [0.5, 0.6) is 0 Å². The highest BCUT2D eigenvalue weighted by Crippen LogP contribution is 2.09. The minimum atomic E-state index is -0.664. The second kappa shape index (κ2) is 27.3. The first-order valence-corrected chi connectivity index (χ1v) is 13.2.